The molecule has 0 saturated heterocycles. The van der Waals surface area contributed by atoms with E-state index < -0.39 is 0 Å². The van der Waals surface area contributed by atoms with Crippen molar-refractivity contribution in [3.05, 3.63) is 29.3 Å². The summed E-state index contributed by atoms with van der Waals surface area (Å²) in [6.45, 7) is 5.61. The molecule has 1 aliphatic heterocycles. The Kier molecular flexibility index (Phi) is 3.29. The summed E-state index contributed by atoms with van der Waals surface area (Å²) in [5.41, 5.74) is 2.73. The first-order chi connectivity index (χ1) is 8.70. The van der Waals surface area contributed by atoms with E-state index in [1.54, 1.807) is 0 Å². The number of fused-ring (bicyclic) bond motifs is 1. The number of rotatable bonds is 5. The normalized spacial score (nSPS) is 23.6. The maximum absolute atomic E-state index is 6.03. The Bertz CT molecular complexity index is 425. The van der Waals surface area contributed by atoms with Crippen LogP contribution in [0.2, 0.25) is 0 Å². The number of nitrogens with one attached hydrogen (secondary N) is 1. The van der Waals surface area contributed by atoms with E-state index in [2.05, 4.69) is 37.4 Å². The summed E-state index contributed by atoms with van der Waals surface area (Å²) in [6, 6.07) is 7.34. The molecule has 2 atom stereocenters. The minimum atomic E-state index is 0.387. The molecule has 18 heavy (non-hydrogen) atoms. The lowest BCUT2D eigenvalue weighted by Gasteiger charge is -2.17. The van der Waals surface area contributed by atoms with Crippen molar-refractivity contribution >= 4 is 0 Å². The Labute approximate surface area is 110 Å². The lowest BCUT2D eigenvalue weighted by molar-refractivity contribution is 0.196. The smallest absolute Gasteiger partial charge is 0.123 e. The molecule has 1 aliphatic carbocycles. The third-order valence-corrected chi connectivity index (χ3v) is 3.95. The van der Waals surface area contributed by atoms with E-state index in [4.69, 9.17) is 4.74 Å². The molecule has 2 aliphatic rings. The lowest BCUT2D eigenvalue weighted by atomic mass is 9.99. The van der Waals surface area contributed by atoms with Crippen molar-refractivity contribution in [3.63, 3.8) is 0 Å². The third kappa shape index (κ3) is 2.86. The van der Waals surface area contributed by atoms with Crippen LogP contribution in [0.4, 0.5) is 0 Å². The van der Waals surface area contributed by atoms with Gasteiger partial charge >= 0.3 is 0 Å². The first-order valence-corrected chi connectivity index (χ1v) is 7.20. The summed E-state index contributed by atoms with van der Waals surface area (Å²) in [7, 11) is 0. The highest BCUT2D eigenvalue weighted by Crippen LogP contribution is 2.32. The predicted molar refractivity (Wildman–Crippen MR) is 74.1 cm³/mol. The molecule has 1 heterocycles. The maximum atomic E-state index is 6.03. The minimum Gasteiger partial charge on any atom is -0.490 e. The van der Waals surface area contributed by atoms with Gasteiger partial charge < -0.3 is 10.1 Å². The Morgan fingerprint density at radius 1 is 1.39 bits per heavy atom. The summed E-state index contributed by atoms with van der Waals surface area (Å²) in [5, 5.41) is 3.61. The van der Waals surface area contributed by atoms with E-state index in [1.807, 2.05) is 0 Å². The van der Waals surface area contributed by atoms with Crippen LogP contribution in [0.25, 0.3) is 0 Å². The van der Waals surface area contributed by atoms with Crippen LogP contribution in [0.5, 0.6) is 5.75 Å². The number of benzene rings is 1. The van der Waals surface area contributed by atoms with Crippen LogP contribution < -0.4 is 10.1 Å². The fraction of sp³-hybridized carbons (Fsp3) is 0.625. The van der Waals surface area contributed by atoms with Crippen LogP contribution in [-0.2, 0) is 6.42 Å². The first kappa shape index (κ1) is 12.0. The summed E-state index contributed by atoms with van der Waals surface area (Å²) >= 11 is 0. The van der Waals surface area contributed by atoms with Crippen molar-refractivity contribution in [1.29, 1.82) is 0 Å². The van der Waals surface area contributed by atoms with Crippen molar-refractivity contribution in [2.24, 2.45) is 5.92 Å². The lowest BCUT2D eigenvalue weighted by Crippen LogP contribution is -2.27. The molecule has 0 aromatic heterocycles. The monoisotopic (exact) mass is 245 g/mol. The van der Waals surface area contributed by atoms with Gasteiger partial charge in [-0.15, -0.1) is 0 Å². The molecule has 0 bridgehead atoms. The van der Waals surface area contributed by atoms with Crippen LogP contribution >= 0.6 is 0 Å². The molecule has 1 aromatic carbocycles. The summed E-state index contributed by atoms with van der Waals surface area (Å²) in [6.07, 6.45) is 5.38. The molecule has 3 rings (SSSR count). The van der Waals surface area contributed by atoms with Crippen molar-refractivity contribution in [1.82, 2.24) is 5.32 Å². The molecule has 2 nitrogen and oxygen atoms in total. The average molecular weight is 245 g/mol. The van der Waals surface area contributed by atoms with Gasteiger partial charge in [0.25, 0.3) is 0 Å². The first-order valence-electron chi connectivity index (χ1n) is 7.20. The zero-order valence-electron chi connectivity index (χ0n) is 11.4. The Morgan fingerprint density at radius 3 is 3.00 bits per heavy atom. The largest absolute Gasteiger partial charge is 0.490 e. The molecular weight excluding hydrogens is 222 g/mol. The molecule has 1 N–H and O–H groups in total. The van der Waals surface area contributed by atoms with Crippen LogP contribution in [-0.4, -0.2) is 18.7 Å². The molecule has 1 saturated carbocycles. The number of ether oxygens (including phenoxy) is 1. The molecule has 2 heteroatoms. The molecule has 1 aromatic rings. The van der Waals surface area contributed by atoms with Gasteiger partial charge in [-0.05, 0) is 50.3 Å². The number of hydrogen-bond acceptors (Lipinski definition) is 2. The van der Waals surface area contributed by atoms with Crippen molar-refractivity contribution in [2.75, 3.05) is 6.54 Å². The van der Waals surface area contributed by atoms with Crippen LogP contribution in [0.1, 0.15) is 37.3 Å². The topological polar surface area (TPSA) is 21.3 Å². The highest BCUT2D eigenvalue weighted by Gasteiger charge is 2.26. The third-order valence-electron chi connectivity index (χ3n) is 3.95. The highest BCUT2D eigenvalue weighted by atomic mass is 16.5. The van der Waals surface area contributed by atoms with Crippen LogP contribution in [0.3, 0.4) is 0 Å². The fourth-order valence-corrected chi connectivity index (χ4v) is 2.77. The van der Waals surface area contributed by atoms with Crippen molar-refractivity contribution < 1.29 is 4.74 Å². The van der Waals surface area contributed by atoms with Crippen LogP contribution in [0, 0.1) is 12.8 Å². The number of hydrogen-bond donors (Lipinski definition) is 1. The van der Waals surface area contributed by atoms with E-state index >= 15 is 0 Å². The molecule has 1 fully saturated rings. The Hall–Kier alpha value is -1.02. The SMILES string of the molecule is Cc1ccc2c(c1)CC(CC(C)CNC1CC1)O2. The van der Waals surface area contributed by atoms with E-state index in [9.17, 15) is 0 Å². The average Bonchev–Trinajstić information content (AvgIpc) is 3.07. The van der Waals surface area contributed by atoms with Gasteiger partial charge in [0.2, 0.25) is 0 Å². The van der Waals surface area contributed by atoms with E-state index in [1.165, 1.54) is 24.0 Å². The highest BCUT2D eigenvalue weighted by molar-refractivity contribution is 5.40. The second-order valence-electron chi connectivity index (χ2n) is 6.08. The van der Waals surface area contributed by atoms with E-state index in [-0.39, 0.29) is 0 Å². The van der Waals surface area contributed by atoms with E-state index in [0.29, 0.717) is 12.0 Å². The molecule has 0 spiro atoms. The van der Waals surface area contributed by atoms with Gasteiger partial charge in [0.1, 0.15) is 11.9 Å². The van der Waals surface area contributed by atoms with Gasteiger partial charge in [0.15, 0.2) is 0 Å². The maximum Gasteiger partial charge on any atom is 0.123 e. The molecule has 0 amide bonds. The van der Waals surface area contributed by atoms with Crippen LogP contribution in [0.15, 0.2) is 18.2 Å². The molecular formula is C16H23NO. The standard InChI is InChI=1S/C16H23NO/c1-11-3-6-16-13(7-11)9-15(18-16)8-12(2)10-17-14-4-5-14/h3,6-7,12,14-15,17H,4-5,8-10H2,1-2H3. The van der Waals surface area contributed by atoms with E-state index in [0.717, 1.165) is 31.2 Å². The van der Waals surface area contributed by atoms with Gasteiger partial charge in [-0.25, -0.2) is 0 Å². The summed E-state index contributed by atoms with van der Waals surface area (Å²) in [5.74, 6) is 1.80. The second kappa shape index (κ2) is 4.93. The molecule has 0 radical (unpaired) electrons. The predicted octanol–water partition coefficient (Wildman–Crippen LogP) is 3.08. The Balaban J connectivity index is 1.50. The quantitative estimate of drug-likeness (QED) is 0.860. The van der Waals surface area contributed by atoms with Gasteiger partial charge in [-0.1, -0.05) is 24.6 Å². The zero-order chi connectivity index (χ0) is 12.5. The Morgan fingerprint density at radius 2 is 2.22 bits per heavy atom. The van der Waals surface area contributed by atoms with Gasteiger partial charge in [-0.2, -0.15) is 0 Å². The van der Waals surface area contributed by atoms with Crippen molar-refractivity contribution in [3.8, 4) is 5.75 Å². The fourth-order valence-electron chi connectivity index (χ4n) is 2.77. The van der Waals surface area contributed by atoms with Gasteiger partial charge in [-0.3, -0.25) is 0 Å². The molecule has 98 valence electrons. The van der Waals surface area contributed by atoms with Gasteiger partial charge in [0, 0.05) is 12.5 Å². The summed E-state index contributed by atoms with van der Waals surface area (Å²) < 4.78 is 6.03. The minimum absolute atomic E-state index is 0.387. The number of aryl methyl sites for hydroxylation is 1. The second-order valence-corrected chi connectivity index (χ2v) is 6.08. The van der Waals surface area contributed by atoms with Gasteiger partial charge in [0.05, 0.1) is 0 Å². The van der Waals surface area contributed by atoms with Crippen molar-refractivity contribution in [2.45, 2.75) is 51.7 Å². The molecule has 2 unspecified atom stereocenters. The zero-order valence-corrected chi connectivity index (χ0v) is 11.4. The summed E-state index contributed by atoms with van der Waals surface area (Å²) in [4.78, 5) is 0.